The summed E-state index contributed by atoms with van der Waals surface area (Å²) in [5, 5.41) is 25.0. The number of benzene rings is 1. The van der Waals surface area contributed by atoms with Crippen LogP contribution in [0, 0.1) is 23.2 Å². The maximum atomic E-state index is 12.1. The molecule has 3 rings (SSSR count). The maximum absolute atomic E-state index is 12.1. The molecule has 2 aliphatic rings. The van der Waals surface area contributed by atoms with Gasteiger partial charge in [0.15, 0.2) is 0 Å². The number of amides is 3. The number of hydrogen-bond acceptors (Lipinski definition) is 6. The first-order valence-corrected chi connectivity index (χ1v) is 10.8. The van der Waals surface area contributed by atoms with E-state index >= 15 is 0 Å². The zero-order chi connectivity index (χ0) is 22.4. The summed E-state index contributed by atoms with van der Waals surface area (Å²) in [5.74, 6) is 0.802. The lowest BCUT2D eigenvalue weighted by Crippen LogP contribution is -2.56. The lowest BCUT2D eigenvalue weighted by Gasteiger charge is -2.46. The molecule has 9 nitrogen and oxygen atoms in total. The Morgan fingerprint density at radius 1 is 1.29 bits per heavy atom. The van der Waals surface area contributed by atoms with Crippen LogP contribution in [-0.2, 0) is 0 Å². The van der Waals surface area contributed by atoms with Crippen LogP contribution in [0.5, 0.6) is 5.75 Å². The van der Waals surface area contributed by atoms with Gasteiger partial charge < -0.3 is 25.4 Å². The zero-order valence-electron chi connectivity index (χ0n) is 18.1. The fourth-order valence-corrected chi connectivity index (χ4v) is 4.54. The summed E-state index contributed by atoms with van der Waals surface area (Å²) in [6.45, 7) is 6.23. The van der Waals surface area contributed by atoms with E-state index in [2.05, 4.69) is 15.5 Å². The molecular formula is C22H31N5O4. The van der Waals surface area contributed by atoms with E-state index in [1.807, 2.05) is 17.9 Å². The molecule has 31 heavy (non-hydrogen) atoms. The van der Waals surface area contributed by atoms with Crippen LogP contribution in [0.1, 0.15) is 29.3 Å². The second-order valence-electron chi connectivity index (χ2n) is 8.29. The molecule has 168 valence electrons. The molecule has 2 fully saturated rings. The monoisotopic (exact) mass is 429 g/mol. The number of nitrogens with zero attached hydrogens (tertiary/aromatic N) is 3. The van der Waals surface area contributed by atoms with Crippen molar-refractivity contribution in [3.63, 3.8) is 0 Å². The second-order valence-corrected chi connectivity index (χ2v) is 8.29. The van der Waals surface area contributed by atoms with Crippen molar-refractivity contribution in [2.45, 2.75) is 19.4 Å². The minimum atomic E-state index is -0.716. The van der Waals surface area contributed by atoms with E-state index in [-0.39, 0.29) is 24.1 Å². The lowest BCUT2D eigenvalue weighted by molar-refractivity contribution is 0.00915. The van der Waals surface area contributed by atoms with Crippen LogP contribution in [0.25, 0.3) is 0 Å². The highest BCUT2D eigenvalue weighted by atomic mass is 16.5. The van der Waals surface area contributed by atoms with Crippen molar-refractivity contribution >= 4 is 11.9 Å². The molecule has 0 aromatic heterocycles. The smallest absolute Gasteiger partial charge is 0.317 e. The number of carbonyl (C=O) groups is 2. The van der Waals surface area contributed by atoms with E-state index in [1.54, 1.807) is 12.1 Å². The number of fused-ring (bicyclic) bond motifs is 2. The van der Waals surface area contributed by atoms with Crippen LogP contribution in [0.15, 0.2) is 18.2 Å². The second kappa shape index (κ2) is 10.5. The third-order valence-corrected chi connectivity index (χ3v) is 5.75. The Balaban J connectivity index is 1.52. The predicted molar refractivity (Wildman–Crippen MR) is 115 cm³/mol. The van der Waals surface area contributed by atoms with E-state index in [4.69, 9.17) is 10.00 Å². The number of piperidine rings is 2. The van der Waals surface area contributed by atoms with Crippen LogP contribution in [-0.4, -0.2) is 85.9 Å². The molecule has 3 atom stereocenters. The number of aliphatic hydroxyl groups excluding tert-OH is 1. The summed E-state index contributed by atoms with van der Waals surface area (Å²) >= 11 is 0. The minimum Gasteiger partial charge on any atom is -0.490 e. The first kappa shape index (κ1) is 22.8. The Morgan fingerprint density at radius 3 is 2.61 bits per heavy atom. The molecule has 2 aliphatic heterocycles. The topological polar surface area (TPSA) is 118 Å². The third kappa shape index (κ3) is 5.87. The van der Waals surface area contributed by atoms with Gasteiger partial charge >= 0.3 is 6.03 Å². The number of nitrogens with one attached hydrogen (secondary N) is 2. The zero-order valence-corrected chi connectivity index (χ0v) is 18.1. The van der Waals surface area contributed by atoms with E-state index in [9.17, 15) is 14.7 Å². The van der Waals surface area contributed by atoms with Crippen LogP contribution in [0.4, 0.5) is 4.79 Å². The SMILES string of the molecule is CCNC(=O)N1CC2CC(CN(C[C@H](O)COc3ccc(C#N)cc3C(=O)NC)C2)C1. The van der Waals surface area contributed by atoms with Crippen LogP contribution < -0.4 is 15.4 Å². The van der Waals surface area contributed by atoms with Gasteiger partial charge in [-0.2, -0.15) is 5.26 Å². The summed E-state index contributed by atoms with van der Waals surface area (Å²) < 4.78 is 5.72. The fourth-order valence-electron chi connectivity index (χ4n) is 4.54. The molecular weight excluding hydrogens is 398 g/mol. The predicted octanol–water partition coefficient (Wildman–Crippen LogP) is 0.641. The Morgan fingerprint density at radius 2 is 2.00 bits per heavy atom. The number of likely N-dealkylation sites (tertiary alicyclic amines) is 2. The van der Waals surface area contributed by atoms with Gasteiger partial charge in [-0.1, -0.05) is 0 Å². The van der Waals surface area contributed by atoms with Gasteiger partial charge in [-0.3, -0.25) is 9.69 Å². The molecule has 3 amide bonds. The molecule has 0 spiro atoms. The van der Waals surface area contributed by atoms with Gasteiger partial charge in [-0.05, 0) is 43.4 Å². The van der Waals surface area contributed by atoms with Crippen molar-refractivity contribution in [3.05, 3.63) is 29.3 Å². The molecule has 2 unspecified atom stereocenters. The molecule has 1 aromatic carbocycles. The van der Waals surface area contributed by atoms with Crippen molar-refractivity contribution in [2.75, 3.05) is 52.9 Å². The molecule has 2 saturated heterocycles. The number of urea groups is 1. The average molecular weight is 430 g/mol. The van der Waals surface area contributed by atoms with Crippen LogP contribution >= 0.6 is 0 Å². The number of rotatable bonds is 7. The van der Waals surface area contributed by atoms with Crippen molar-refractivity contribution in [3.8, 4) is 11.8 Å². The molecule has 3 N–H and O–H groups in total. The Kier molecular flexibility index (Phi) is 7.71. The van der Waals surface area contributed by atoms with Gasteiger partial charge in [0, 0.05) is 46.3 Å². The van der Waals surface area contributed by atoms with Gasteiger partial charge in [0.2, 0.25) is 0 Å². The third-order valence-electron chi connectivity index (χ3n) is 5.75. The average Bonchev–Trinajstić information content (AvgIpc) is 2.76. The van der Waals surface area contributed by atoms with E-state index in [0.29, 0.717) is 36.2 Å². The minimum absolute atomic E-state index is 0.00780. The molecule has 0 saturated carbocycles. The Labute approximate surface area is 183 Å². The van der Waals surface area contributed by atoms with Gasteiger partial charge in [0.1, 0.15) is 18.5 Å². The highest BCUT2D eigenvalue weighted by Crippen LogP contribution is 2.29. The Bertz CT molecular complexity index is 826. The fraction of sp³-hybridized carbons (Fsp3) is 0.591. The molecule has 0 aliphatic carbocycles. The summed E-state index contributed by atoms with van der Waals surface area (Å²) in [4.78, 5) is 28.4. The standard InChI is InChI=1S/C22H31N5O4/c1-3-25-22(30)27-11-16-6-17(12-27)10-26(9-16)13-18(28)14-31-20-5-4-15(8-23)7-19(20)21(29)24-2/h4-5,7,16-18,28H,3,6,9-14H2,1-2H3,(H,24,29)(H,25,30)/t16?,17?,18-/m0/s1. The van der Waals surface area contributed by atoms with Gasteiger partial charge in [-0.25, -0.2) is 4.79 Å². The van der Waals surface area contributed by atoms with Crippen molar-refractivity contribution in [1.82, 2.24) is 20.4 Å². The largest absolute Gasteiger partial charge is 0.490 e. The molecule has 0 radical (unpaired) electrons. The number of carbonyl (C=O) groups excluding carboxylic acids is 2. The lowest BCUT2D eigenvalue weighted by atomic mass is 9.84. The van der Waals surface area contributed by atoms with Crippen LogP contribution in [0.3, 0.4) is 0 Å². The normalized spacial score (nSPS) is 21.7. The van der Waals surface area contributed by atoms with Crippen molar-refractivity contribution < 1.29 is 19.4 Å². The number of nitriles is 1. The Hall–Kier alpha value is -2.83. The first-order chi connectivity index (χ1) is 14.9. The quantitative estimate of drug-likeness (QED) is 0.586. The molecule has 1 aromatic rings. The molecule has 2 bridgehead atoms. The first-order valence-electron chi connectivity index (χ1n) is 10.8. The van der Waals surface area contributed by atoms with E-state index < -0.39 is 6.10 Å². The number of ether oxygens (including phenoxy) is 1. The van der Waals surface area contributed by atoms with Gasteiger partial charge in [0.25, 0.3) is 5.91 Å². The summed E-state index contributed by atoms with van der Waals surface area (Å²) in [6.07, 6.45) is 0.395. The highest BCUT2D eigenvalue weighted by Gasteiger charge is 2.36. The number of aliphatic hydroxyl groups is 1. The van der Waals surface area contributed by atoms with E-state index in [0.717, 1.165) is 32.6 Å². The van der Waals surface area contributed by atoms with Gasteiger partial charge in [-0.15, -0.1) is 0 Å². The summed E-state index contributed by atoms with van der Waals surface area (Å²) in [7, 11) is 1.51. The van der Waals surface area contributed by atoms with Crippen LogP contribution in [0.2, 0.25) is 0 Å². The summed E-state index contributed by atoms with van der Waals surface area (Å²) in [6, 6.07) is 6.66. The van der Waals surface area contributed by atoms with Crippen molar-refractivity contribution in [1.29, 1.82) is 5.26 Å². The summed E-state index contributed by atoms with van der Waals surface area (Å²) in [5.41, 5.74) is 0.639. The number of hydrogen-bond donors (Lipinski definition) is 3. The molecule has 2 heterocycles. The maximum Gasteiger partial charge on any atom is 0.317 e. The number of β-amino-alcohol motifs (C(OH)–C–C–N with tert-alkyl or cyclic N) is 1. The highest BCUT2D eigenvalue weighted by molar-refractivity contribution is 5.97. The van der Waals surface area contributed by atoms with E-state index in [1.165, 1.54) is 13.1 Å². The molecule has 9 heteroatoms. The van der Waals surface area contributed by atoms with Crippen molar-refractivity contribution in [2.24, 2.45) is 11.8 Å². The van der Waals surface area contributed by atoms with Gasteiger partial charge in [0.05, 0.1) is 17.2 Å².